The van der Waals surface area contributed by atoms with Gasteiger partial charge < -0.3 is 14.8 Å². The lowest BCUT2D eigenvalue weighted by atomic mass is 9.84. The van der Waals surface area contributed by atoms with E-state index in [9.17, 15) is 4.79 Å². The average Bonchev–Trinajstić information content (AvgIpc) is 2.71. The van der Waals surface area contributed by atoms with Gasteiger partial charge in [-0.3, -0.25) is 4.79 Å². The second kappa shape index (κ2) is 8.50. The smallest absolute Gasteiger partial charge is 0.243 e. The van der Waals surface area contributed by atoms with Gasteiger partial charge in [-0.05, 0) is 31.2 Å². The molecule has 0 bridgehead atoms. The first-order chi connectivity index (χ1) is 13.2. The minimum absolute atomic E-state index is 0.00621. The van der Waals surface area contributed by atoms with Crippen LogP contribution < -0.4 is 5.32 Å². The van der Waals surface area contributed by atoms with Crippen molar-refractivity contribution in [3.63, 3.8) is 0 Å². The lowest BCUT2D eigenvalue weighted by Gasteiger charge is -2.43. The van der Waals surface area contributed by atoms with E-state index < -0.39 is 0 Å². The molecule has 0 aliphatic carbocycles. The summed E-state index contributed by atoms with van der Waals surface area (Å²) in [4.78, 5) is 12.3. The highest BCUT2D eigenvalue weighted by molar-refractivity contribution is 6.04. The van der Waals surface area contributed by atoms with Gasteiger partial charge in [0.1, 0.15) is 0 Å². The molecule has 4 rings (SSSR count). The zero-order chi connectivity index (χ0) is 18.5. The van der Waals surface area contributed by atoms with Crippen molar-refractivity contribution in [2.75, 3.05) is 32.9 Å². The summed E-state index contributed by atoms with van der Waals surface area (Å²) in [5.41, 5.74) is 2.10. The summed E-state index contributed by atoms with van der Waals surface area (Å²) < 4.78 is 11.6. The Labute approximate surface area is 160 Å². The molecule has 1 N–H and O–H groups in total. The van der Waals surface area contributed by atoms with Crippen LogP contribution in [-0.4, -0.2) is 61.2 Å². The van der Waals surface area contributed by atoms with Gasteiger partial charge in [-0.1, -0.05) is 30.3 Å². The van der Waals surface area contributed by atoms with E-state index >= 15 is 0 Å². The molecular formula is C21H29N3O3. The van der Waals surface area contributed by atoms with Crippen molar-refractivity contribution in [2.45, 2.75) is 50.2 Å². The maximum atomic E-state index is 12.3. The molecule has 27 heavy (non-hydrogen) atoms. The molecule has 0 radical (unpaired) electrons. The molecule has 6 nitrogen and oxygen atoms in total. The first kappa shape index (κ1) is 18.6. The topological polar surface area (TPSA) is 63.2 Å². The number of nitrogens with one attached hydrogen (secondary N) is 1. The molecule has 1 aromatic carbocycles. The minimum atomic E-state index is -0.00621. The molecule has 1 atom stereocenters. The number of rotatable bonds is 5. The van der Waals surface area contributed by atoms with Crippen LogP contribution in [-0.2, 0) is 14.3 Å². The van der Waals surface area contributed by atoms with Crippen molar-refractivity contribution in [3.05, 3.63) is 35.9 Å². The molecule has 0 unspecified atom stereocenters. The van der Waals surface area contributed by atoms with Gasteiger partial charge in [0.15, 0.2) is 0 Å². The van der Waals surface area contributed by atoms with E-state index in [1.54, 1.807) is 5.01 Å². The first-order valence-electron chi connectivity index (χ1n) is 10.1. The molecule has 6 heteroatoms. The number of carbonyl (C=O) groups excluding carboxylic acids is 1. The van der Waals surface area contributed by atoms with Crippen LogP contribution in [0.15, 0.2) is 35.4 Å². The van der Waals surface area contributed by atoms with Crippen molar-refractivity contribution in [2.24, 2.45) is 5.10 Å². The Morgan fingerprint density at radius 3 is 2.78 bits per heavy atom. The highest BCUT2D eigenvalue weighted by atomic mass is 16.5. The van der Waals surface area contributed by atoms with E-state index in [0.29, 0.717) is 19.0 Å². The maximum absolute atomic E-state index is 12.3. The summed E-state index contributed by atoms with van der Waals surface area (Å²) in [5.74, 6) is 0.115. The van der Waals surface area contributed by atoms with Crippen LogP contribution in [0.4, 0.5) is 0 Å². The van der Waals surface area contributed by atoms with Crippen LogP contribution >= 0.6 is 0 Å². The lowest BCUT2D eigenvalue weighted by Crippen LogP contribution is -2.50. The second-order valence-electron chi connectivity index (χ2n) is 7.72. The zero-order valence-corrected chi connectivity index (χ0v) is 15.9. The number of carbonyl (C=O) groups is 1. The molecule has 146 valence electrons. The van der Waals surface area contributed by atoms with Crippen molar-refractivity contribution in [1.82, 2.24) is 10.3 Å². The standard InChI is InChI=1S/C21H29N3O3/c25-20-7-6-19(17-4-2-1-3-5-17)23-24(20)12-11-22-18-8-13-27-21(16-18)9-14-26-15-10-21/h1-5,18,22H,6-16H2/t18-/m0/s1. The third-order valence-corrected chi connectivity index (χ3v) is 5.87. The molecule has 2 fully saturated rings. The first-order valence-corrected chi connectivity index (χ1v) is 10.1. The van der Waals surface area contributed by atoms with E-state index in [4.69, 9.17) is 9.47 Å². The Hall–Kier alpha value is -1.76. The van der Waals surface area contributed by atoms with Gasteiger partial charge >= 0.3 is 0 Å². The Kier molecular flexibility index (Phi) is 5.86. The molecule has 1 spiro atoms. The zero-order valence-electron chi connectivity index (χ0n) is 15.9. The fraction of sp³-hybridized carbons (Fsp3) is 0.619. The molecule has 0 aromatic heterocycles. The number of hydrogen-bond donors (Lipinski definition) is 1. The van der Waals surface area contributed by atoms with Crippen LogP contribution in [0.3, 0.4) is 0 Å². The highest BCUT2D eigenvalue weighted by Crippen LogP contribution is 2.34. The summed E-state index contributed by atoms with van der Waals surface area (Å²) in [7, 11) is 0. The van der Waals surface area contributed by atoms with Gasteiger partial charge in [-0.2, -0.15) is 5.10 Å². The fourth-order valence-corrected chi connectivity index (χ4v) is 4.28. The minimum Gasteiger partial charge on any atom is -0.381 e. The largest absolute Gasteiger partial charge is 0.381 e. The van der Waals surface area contributed by atoms with E-state index in [1.807, 2.05) is 18.2 Å². The second-order valence-corrected chi connectivity index (χ2v) is 7.72. The number of ether oxygens (including phenoxy) is 2. The molecular weight excluding hydrogens is 342 g/mol. The molecule has 1 aromatic rings. The normalized spacial score (nSPS) is 25.5. The van der Waals surface area contributed by atoms with Gasteiger partial charge in [0, 0.05) is 45.2 Å². The summed E-state index contributed by atoms with van der Waals surface area (Å²) in [5, 5.41) is 9.89. The van der Waals surface area contributed by atoms with Crippen LogP contribution in [0.2, 0.25) is 0 Å². The maximum Gasteiger partial charge on any atom is 0.243 e. The Morgan fingerprint density at radius 1 is 1.15 bits per heavy atom. The Bertz CT molecular complexity index is 665. The SMILES string of the molecule is O=C1CCC(c2ccccc2)=NN1CCN[C@H]1CCOC2(CCOCC2)C1. The fourth-order valence-electron chi connectivity index (χ4n) is 4.28. The van der Waals surface area contributed by atoms with Crippen LogP contribution in [0.5, 0.6) is 0 Å². The number of amides is 1. The average molecular weight is 371 g/mol. The van der Waals surface area contributed by atoms with Gasteiger partial charge in [-0.15, -0.1) is 0 Å². The molecule has 3 heterocycles. The summed E-state index contributed by atoms with van der Waals surface area (Å²) in [6.07, 6.45) is 5.28. The predicted octanol–water partition coefficient (Wildman–Crippen LogP) is 2.33. The van der Waals surface area contributed by atoms with Crippen LogP contribution in [0.1, 0.15) is 44.1 Å². The number of hydrogen-bond acceptors (Lipinski definition) is 5. The monoisotopic (exact) mass is 371 g/mol. The highest BCUT2D eigenvalue weighted by Gasteiger charge is 2.38. The van der Waals surface area contributed by atoms with Crippen LogP contribution in [0.25, 0.3) is 0 Å². The molecule has 1 amide bonds. The van der Waals surface area contributed by atoms with Crippen molar-refractivity contribution >= 4 is 11.6 Å². The quantitative estimate of drug-likeness (QED) is 0.863. The van der Waals surface area contributed by atoms with Crippen molar-refractivity contribution in [1.29, 1.82) is 0 Å². The third kappa shape index (κ3) is 4.57. The molecule has 3 aliphatic heterocycles. The van der Waals surface area contributed by atoms with Gasteiger partial charge in [0.2, 0.25) is 5.91 Å². The Morgan fingerprint density at radius 2 is 1.96 bits per heavy atom. The van der Waals surface area contributed by atoms with Crippen molar-refractivity contribution < 1.29 is 14.3 Å². The third-order valence-electron chi connectivity index (χ3n) is 5.87. The van der Waals surface area contributed by atoms with Gasteiger partial charge in [0.05, 0.1) is 17.9 Å². The Balaban J connectivity index is 1.30. The van der Waals surface area contributed by atoms with E-state index in [-0.39, 0.29) is 11.5 Å². The van der Waals surface area contributed by atoms with Gasteiger partial charge in [-0.25, -0.2) is 5.01 Å². The summed E-state index contributed by atoms with van der Waals surface area (Å²) in [6, 6.07) is 10.6. The lowest BCUT2D eigenvalue weighted by molar-refractivity contribution is -0.140. The van der Waals surface area contributed by atoms with E-state index in [2.05, 4.69) is 22.6 Å². The summed E-state index contributed by atoms with van der Waals surface area (Å²) in [6.45, 7) is 3.77. The van der Waals surface area contributed by atoms with E-state index in [1.165, 1.54) is 0 Å². The molecule has 2 saturated heterocycles. The van der Waals surface area contributed by atoms with Crippen LogP contribution in [0, 0.1) is 0 Å². The van der Waals surface area contributed by atoms with E-state index in [0.717, 1.165) is 69.7 Å². The number of nitrogens with zero attached hydrogens (tertiary/aromatic N) is 2. The molecule has 3 aliphatic rings. The van der Waals surface area contributed by atoms with Crippen molar-refractivity contribution in [3.8, 4) is 0 Å². The number of hydrazone groups is 1. The molecule has 0 saturated carbocycles. The summed E-state index contributed by atoms with van der Waals surface area (Å²) >= 11 is 0. The van der Waals surface area contributed by atoms with Gasteiger partial charge in [0.25, 0.3) is 0 Å². The predicted molar refractivity (Wildman–Crippen MR) is 104 cm³/mol. The number of benzene rings is 1.